The first-order valence-corrected chi connectivity index (χ1v) is 11.1. The van der Waals surface area contributed by atoms with Gasteiger partial charge in [0.1, 0.15) is 11.0 Å². The predicted molar refractivity (Wildman–Crippen MR) is 116 cm³/mol. The van der Waals surface area contributed by atoms with Gasteiger partial charge in [-0.3, -0.25) is 14.2 Å². The number of benzene rings is 1. The van der Waals surface area contributed by atoms with Gasteiger partial charge in [0.25, 0.3) is 5.56 Å². The minimum absolute atomic E-state index is 0.173. The van der Waals surface area contributed by atoms with Crippen LogP contribution in [0.1, 0.15) is 31.5 Å². The van der Waals surface area contributed by atoms with Crippen molar-refractivity contribution in [2.75, 3.05) is 12.9 Å². The van der Waals surface area contributed by atoms with Crippen molar-refractivity contribution in [2.24, 2.45) is 5.73 Å². The van der Waals surface area contributed by atoms with Crippen molar-refractivity contribution in [2.45, 2.75) is 43.9 Å². The molecule has 9 heteroatoms. The molecule has 2 rings (SSSR count). The number of hydrogen-bond acceptors (Lipinski definition) is 6. The summed E-state index contributed by atoms with van der Waals surface area (Å²) in [6, 6.07) is 7.40. The Bertz CT molecular complexity index is 901. The van der Waals surface area contributed by atoms with Crippen molar-refractivity contribution >= 4 is 45.3 Å². The molecule has 0 aliphatic heterocycles. The zero-order chi connectivity index (χ0) is 20.9. The number of esters is 1. The summed E-state index contributed by atoms with van der Waals surface area (Å²) in [6.07, 6.45) is 2.89. The third-order valence-corrected chi connectivity index (χ3v) is 6.03. The second kappa shape index (κ2) is 9.91. The summed E-state index contributed by atoms with van der Waals surface area (Å²) < 4.78 is 6.59. The molecule has 0 saturated carbocycles. The van der Waals surface area contributed by atoms with Gasteiger partial charge in [-0.25, -0.2) is 4.98 Å². The Kier molecular flexibility index (Phi) is 8.12. The Morgan fingerprint density at radius 3 is 2.61 bits per heavy atom. The van der Waals surface area contributed by atoms with Crippen LogP contribution in [0.3, 0.4) is 0 Å². The molecule has 1 heterocycles. The third-order valence-electron chi connectivity index (χ3n) is 4.31. The fourth-order valence-electron chi connectivity index (χ4n) is 2.70. The van der Waals surface area contributed by atoms with E-state index in [9.17, 15) is 9.59 Å². The Hall–Kier alpha value is -1.35. The molecule has 0 fully saturated rings. The summed E-state index contributed by atoms with van der Waals surface area (Å²) in [5, 5.41) is 1.11. The second-order valence-electron chi connectivity index (χ2n) is 6.48. The SMILES string of the molecule is CCOC(=O)Cn1c(SC)nc(CC[C@](C)(N)c2ccc(Cl)cc2)c(Br)c1=O. The van der Waals surface area contributed by atoms with E-state index >= 15 is 0 Å². The molecule has 0 saturated heterocycles. The molecule has 0 amide bonds. The van der Waals surface area contributed by atoms with Crippen LogP contribution in [0.25, 0.3) is 0 Å². The smallest absolute Gasteiger partial charge is 0.326 e. The maximum Gasteiger partial charge on any atom is 0.326 e. The van der Waals surface area contributed by atoms with E-state index in [1.807, 2.05) is 25.3 Å². The number of carbonyl (C=O) groups excluding carboxylic acids is 1. The first kappa shape index (κ1) is 22.9. The van der Waals surface area contributed by atoms with Gasteiger partial charge in [-0.1, -0.05) is 35.5 Å². The average Bonchev–Trinajstić information content (AvgIpc) is 2.65. The zero-order valence-electron chi connectivity index (χ0n) is 16.0. The molecule has 0 spiro atoms. The highest BCUT2D eigenvalue weighted by Gasteiger charge is 2.23. The summed E-state index contributed by atoms with van der Waals surface area (Å²) >= 11 is 10.6. The maximum atomic E-state index is 12.8. The van der Waals surface area contributed by atoms with Gasteiger partial charge >= 0.3 is 5.97 Å². The van der Waals surface area contributed by atoms with Crippen LogP contribution < -0.4 is 11.3 Å². The van der Waals surface area contributed by atoms with E-state index in [0.717, 1.165) is 5.56 Å². The highest BCUT2D eigenvalue weighted by molar-refractivity contribution is 9.10. The molecule has 0 bridgehead atoms. The monoisotopic (exact) mass is 487 g/mol. The lowest BCUT2D eigenvalue weighted by molar-refractivity contribution is -0.144. The van der Waals surface area contributed by atoms with Crippen LogP contribution in [0, 0.1) is 0 Å². The number of thioether (sulfide) groups is 1. The van der Waals surface area contributed by atoms with E-state index < -0.39 is 11.5 Å². The number of nitrogens with zero attached hydrogens (tertiary/aromatic N) is 2. The number of hydrogen-bond donors (Lipinski definition) is 1. The Morgan fingerprint density at radius 2 is 2.04 bits per heavy atom. The van der Waals surface area contributed by atoms with Gasteiger partial charge in [0.2, 0.25) is 0 Å². The second-order valence-corrected chi connectivity index (χ2v) is 8.48. The van der Waals surface area contributed by atoms with E-state index in [1.54, 1.807) is 19.1 Å². The molecule has 1 aromatic carbocycles. The van der Waals surface area contributed by atoms with Crippen molar-refractivity contribution in [1.29, 1.82) is 0 Å². The number of ether oxygens (including phenoxy) is 1. The molecule has 152 valence electrons. The summed E-state index contributed by atoms with van der Waals surface area (Å²) in [7, 11) is 0. The van der Waals surface area contributed by atoms with Crippen molar-refractivity contribution in [1.82, 2.24) is 9.55 Å². The highest BCUT2D eigenvalue weighted by atomic mass is 79.9. The molecule has 6 nitrogen and oxygen atoms in total. The molecular formula is C19H23BrClN3O3S. The van der Waals surface area contributed by atoms with Crippen molar-refractivity contribution in [3.63, 3.8) is 0 Å². The average molecular weight is 489 g/mol. The van der Waals surface area contributed by atoms with Gasteiger partial charge in [-0.05, 0) is 66.6 Å². The summed E-state index contributed by atoms with van der Waals surface area (Å²) in [4.78, 5) is 29.1. The number of aryl methyl sites for hydroxylation is 1. The number of aromatic nitrogens is 2. The number of halogens is 2. The van der Waals surface area contributed by atoms with Crippen molar-refractivity contribution < 1.29 is 9.53 Å². The van der Waals surface area contributed by atoms with E-state index in [4.69, 9.17) is 22.1 Å². The van der Waals surface area contributed by atoms with E-state index in [0.29, 0.717) is 33.2 Å². The molecule has 28 heavy (non-hydrogen) atoms. The van der Waals surface area contributed by atoms with Crippen LogP contribution in [0.2, 0.25) is 5.02 Å². The van der Waals surface area contributed by atoms with Crippen LogP contribution in [0.5, 0.6) is 0 Å². The molecule has 0 aliphatic rings. The van der Waals surface area contributed by atoms with Crippen molar-refractivity contribution in [3.8, 4) is 0 Å². The Morgan fingerprint density at radius 1 is 1.39 bits per heavy atom. The van der Waals surface area contributed by atoms with Gasteiger partial charge in [-0.15, -0.1) is 0 Å². The summed E-state index contributed by atoms with van der Waals surface area (Å²) in [5.74, 6) is -0.473. The van der Waals surface area contributed by atoms with Gasteiger partial charge < -0.3 is 10.5 Å². The van der Waals surface area contributed by atoms with Gasteiger partial charge in [-0.2, -0.15) is 0 Å². The predicted octanol–water partition coefficient (Wildman–Crippen LogP) is 3.75. The largest absolute Gasteiger partial charge is 0.465 e. The molecule has 2 aromatic rings. The van der Waals surface area contributed by atoms with E-state index in [2.05, 4.69) is 20.9 Å². The first-order chi connectivity index (χ1) is 13.2. The number of rotatable bonds is 8. The number of nitrogens with two attached hydrogens (primary N) is 1. The normalized spacial score (nSPS) is 13.2. The number of carbonyl (C=O) groups is 1. The molecule has 1 aromatic heterocycles. The van der Waals surface area contributed by atoms with E-state index in [-0.39, 0.29) is 18.7 Å². The zero-order valence-corrected chi connectivity index (χ0v) is 19.2. The molecule has 0 aliphatic carbocycles. The van der Waals surface area contributed by atoms with Gasteiger partial charge in [0.15, 0.2) is 5.16 Å². The van der Waals surface area contributed by atoms with Crippen LogP contribution in [-0.2, 0) is 28.0 Å². The maximum absolute atomic E-state index is 12.8. The molecule has 2 N–H and O–H groups in total. The molecular weight excluding hydrogens is 466 g/mol. The van der Waals surface area contributed by atoms with Crippen LogP contribution in [-0.4, -0.2) is 28.4 Å². The van der Waals surface area contributed by atoms with Crippen molar-refractivity contribution in [3.05, 3.63) is 55.4 Å². The standard InChI is InChI=1S/C19H23BrClN3O3S/c1-4-27-15(25)11-24-17(26)16(20)14(23-18(24)28-3)9-10-19(2,22)12-5-7-13(21)8-6-12/h5-8H,4,9-11,22H2,1-3H3/t19-/m0/s1. The summed E-state index contributed by atoms with van der Waals surface area (Å²) in [6.45, 7) is 3.74. The van der Waals surface area contributed by atoms with Gasteiger partial charge in [0.05, 0.1) is 12.3 Å². The lowest BCUT2D eigenvalue weighted by atomic mass is 9.88. The molecule has 0 radical (unpaired) electrons. The highest BCUT2D eigenvalue weighted by Crippen LogP contribution is 2.26. The molecule has 0 unspecified atom stereocenters. The fraction of sp³-hybridized carbons (Fsp3) is 0.421. The van der Waals surface area contributed by atoms with Crippen LogP contribution in [0.15, 0.2) is 38.7 Å². The quantitative estimate of drug-likeness (QED) is 0.346. The topological polar surface area (TPSA) is 87.2 Å². The Balaban J connectivity index is 2.26. The lowest BCUT2D eigenvalue weighted by Crippen LogP contribution is -2.34. The third kappa shape index (κ3) is 5.59. The fourth-order valence-corrected chi connectivity index (χ4v) is 3.90. The summed E-state index contributed by atoms with van der Waals surface area (Å²) in [5.41, 5.74) is 7.13. The first-order valence-electron chi connectivity index (χ1n) is 8.73. The molecule has 1 atom stereocenters. The minimum Gasteiger partial charge on any atom is -0.465 e. The Labute approximate surface area is 181 Å². The van der Waals surface area contributed by atoms with Crippen LogP contribution >= 0.6 is 39.3 Å². The van der Waals surface area contributed by atoms with Gasteiger partial charge in [0, 0.05) is 10.6 Å². The van der Waals surface area contributed by atoms with Crippen LogP contribution in [0.4, 0.5) is 0 Å². The van der Waals surface area contributed by atoms with E-state index in [1.165, 1.54) is 16.3 Å². The minimum atomic E-state index is -0.606. The lowest BCUT2D eigenvalue weighted by Gasteiger charge is -2.25.